The van der Waals surface area contributed by atoms with Gasteiger partial charge in [0.25, 0.3) is 0 Å². The highest BCUT2D eigenvalue weighted by Gasteiger charge is 2.21. The zero-order valence-electron chi connectivity index (χ0n) is 19.5. The smallest absolute Gasteiger partial charge is 0.227 e. The highest BCUT2D eigenvalue weighted by atomic mass is 35.5. The molecule has 0 amide bonds. The van der Waals surface area contributed by atoms with Crippen molar-refractivity contribution in [1.82, 2.24) is 15.0 Å². The first kappa shape index (κ1) is 23.4. The predicted molar refractivity (Wildman–Crippen MR) is 143 cm³/mol. The van der Waals surface area contributed by atoms with Crippen LogP contribution in [0.25, 0.3) is 22.2 Å². The Morgan fingerprint density at radius 3 is 2.74 bits per heavy atom. The van der Waals surface area contributed by atoms with E-state index in [1.54, 1.807) is 6.20 Å². The van der Waals surface area contributed by atoms with Crippen molar-refractivity contribution in [2.24, 2.45) is 0 Å². The largest absolute Gasteiger partial charge is 0.489 e. The second kappa shape index (κ2) is 9.39. The fraction of sp³-hybridized carbons (Fsp3) is 0.280. The zero-order chi connectivity index (χ0) is 24.6. The minimum absolute atomic E-state index is 0.0351. The van der Waals surface area contributed by atoms with Crippen LogP contribution in [-0.2, 0) is 9.73 Å². The average molecular weight is 511 g/mol. The molecular formula is C25H27ClN6O2S. The third-order valence-corrected chi connectivity index (χ3v) is 7.87. The van der Waals surface area contributed by atoms with Crippen molar-refractivity contribution in [2.75, 3.05) is 34.8 Å². The fourth-order valence-electron chi connectivity index (χ4n) is 4.15. The lowest BCUT2D eigenvalue weighted by molar-refractivity contribution is 0.244. The lowest BCUT2D eigenvalue weighted by Crippen LogP contribution is -2.39. The van der Waals surface area contributed by atoms with Gasteiger partial charge in [-0.1, -0.05) is 29.8 Å². The summed E-state index contributed by atoms with van der Waals surface area (Å²) in [5, 5.41) is 4.78. The van der Waals surface area contributed by atoms with Crippen LogP contribution >= 0.6 is 11.6 Å². The SMILES string of the molecule is CC(C)Oc1cc(N2CCS(=N)(=O)CC2)ccc1Nc1ncc(Cl)c(-c2c[nH]c3ccccc23)n1. The quantitative estimate of drug-likeness (QED) is 0.308. The fourth-order valence-corrected chi connectivity index (χ4v) is 5.58. The summed E-state index contributed by atoms with van der Waals surface area (Å²) in [6, 6.07) is 13.9. The molecule has 1 saturated heterocycles. The molecule has 1 aliphatic rings. The Balaban J connectivity index is 1.46. The van der Waals surface area contributed by atoms with Crippen LogP contribution in [0.3, 0.4) is 0 Å². The Bertz CT molecular complexity index is 1470. The summed E-state index contributed by atoms with van der Waals surface area (Å²) in [4.78, 5) is 14.5. The zero-order valence-corrected chi connectivity index (χ0v) is 21.1. The van der Waals surface area contributed by atoms with E-state index in [9.17, 15) is 4.21 Å². The number of hydrogen-bond acceptors (Lipinski definition) is 7. The molecule has 3 N–H and O–H groups in total. The number of H-pyrrole nitrogens is 1. The maximum absolute atomic E-state index is 12.0. The van der Waals surface area contributed by atoms with Gasteiger partial charge in [0.05, 0.1) is 28.7 Å². The summed E-state index contributed by atoms with van der Waals surface area (Å²) in [7, 11) is -2.46. The number of hydrogen-bond donors (Lipinski definition) is 3. The number of nitrogens with zero attached hydrogens (tertiary/aromatic N) is 3. The molecule has 1 fully saturated rings. The number of aromatic nitrogens is 3. The Kier molecular flexibility index (Phi) is 6.29. The van der Waals surface area contributed by atoms with Gasteiger partial charge < -0.3 is 19.9 Å². The second-order valence-corrected chi connectivity index (χ2v) is 11.7. The van der Waals surface area contributed by atoms with Gasteiger partial charge in [0.2, 0.25) is 5.95 Å². The van der Waals surface area contributed by atoms with Gasteiger partial charge in [-0.15, -0.1) is 0 Å². The molecule has 1 aliphatic heterocycles. The van der Waals surface area contributed by atoms with Crippen LogP contribution in [0.2, 0.25) is 5.02 Å². The maximum atomic E-state index is 12.0. The standard InChI is InChI=1S/C25H27ClN6O2S/c1-16(2)34-23-13-17(32-9-11-35(27,33)12-10-32)7-8-22(23)30-25-29-15-20(26)24(31-25)19-14-28-21-6-4-3-5-18(19)21/h3-8,13-16,27-28H,9-12H2,1-2H3,(H,29,30,31). The number of nitrogens with one attached hydrogen (secondary N) is 3. The average Bonchev–Trinajstić information content (AvgIpc) is 3.25. The van der Waals surface area contributed by atoms with Crippen LogP contribution in [0, 0.1) is 4.78 Å². The number of para-hydroxylation sites is 1. The van der Waals surface area contributed by atoms with Gasteiger partial charge in [0.15, 0.2) is 0 Å². The molecule has 0 unspecified atom stereocenters. The second-order valence-electron chi connectivity index (χ2n) is 8.82. The van der Waals surface area contributed by atoms with Crippen molar-refractivity contribution < 1.29 is 8.95 Å². The van der Waals surface area contributed by atoms with Crippen LogP contribution in [0.15, 0.2) is 54.9 Å². The van der Waals surface area contributed by atoms with E-state index in [-0.39, 0.29) is 6.10 Å². The maximum Gasteiger partial charge on any atom is 0.227 e. The molecule has 2 aromatic heterocycles. The minimum atomic E-state index is -2.46. The van der Waals surface area contributed by atoms with Gasteiger partial charge in [0.1, 0.15) is 5.75 Å². The highest BCUT2D eigenvalue weighted by Crippen LogP contribution is 2.35. The third-order valence-electron chi connectivity index (χ3n) is 5.91. The number of anilines is 3. The molecule has 3 heterocycles. The van der Waals surface area contributed by atoms with E-state index < -0.39 is 9.73 Å². The Morgan fingerprint density at radius 2 is 1.97 bits per heavy atom. The molecule has 35 heavy (non-hydrogen) atoms. The first-order valence-corrected chi connectivity index (χ1v) is 13.7. The predicted octanol–water partition coefficient (Wildman–Crippen LogP) is 5.68. The monoisotopic (exact) mass is 510 g/mol. The molecule has 2 aromatic carbocycles. The minimum Gasteiger partial charge on any atom is -0.489 e. The van der Waals surface area contributed by atoms with Crippen molar-refractivity contribution >= 4 is 49.6 Å². The molecule has 182 valence electrons. The van der Waals surface area contributed by atoms with Gasteiger partial charge in [-0.25, -0.2) is 14.2 Å². The number of halogens is 1. The van der Waals surface area contributed by atoms with Gasteiger partial charge >= 0.3 is 0 Å². The first-order chi connectivity index (χ1) is 16.8. The van der Waals surface area contributed by atoms with E-state index in [2.05, 4.69) is 20.2 Å². The van der Waals surface area contributed by atoms with Crippen LogP contribution in [0.1, 0.15) is 13.8 Å². The Morgan fingerprint density at radius 1 is 1.20 bits per heavy atom. The highest BCUT2D eigenvalue weighted by molar-refractivity contribution is 7.92. The van der Waals surface area contributed by atoms with Crippen molar-refractivity contribution in [3.8, 4) is 17.0 Å². The van der Waals surface area contributed by atoms with E-state index in [0.717, 1.165) is 27.8 Å². The molecular weight excluding hydrogens is 484 g/mol. The van der Waals surface area contributed by atoms with E-state index in [4.69, 9.17) is 26.1 Å². The summed E-state index contributed by atoms with van der Waals surface area (Å²) >= 11 is 6.49. The topological polar surface area (TPSA) is 107 Å². The van der Waals surface area contributed by atoms with Gasteiger partial charge in [-0.3, -0.25) is 4.78 Å². The molecule has 4 aromatic rings. The van der Waals surface area contributed by atoms with Gasteiger partial charge in [-0.05, 0) is 32.0 Å². The Labute approximate surface area is 209 Å². The normalized spacial score (nSPS) is 15.5. The molecule has 0 saturated carbocycles. The molecule has 0 bridgehead atoms. The molecule has 10 heteroatoms. The summed E-state index contributed by atoms with van der Waals surface area (Å²) in [6.45, 7) is 5.12. The van der Waals surface area contributed by atoms with Gasteiger partial charge in [0, 0.05) is 68.7 Å². The summed E-state index contributed by atoms with van der Waals surface area (Å²) < 4.78 is 26.0. The number of fused-ring (bicyclic) bond motifs is 1. The van der Waals surface area contributed by atoms with Crippen molar-refractivity contribution in [2.45, 2.75) is 20.0 Å². The van der Waals surface area contributed by atoms with E-state index >= 15 is 0 Å². The molecule has 5 rings (SSSR count). The summed E-state index contributed by atoms with van der Waals surface area (Å²) in [6.07, 6.45) is 3.46. The third kappa shape index (κ3) is 5.06. The summed E-state index contributed by atoms with van der Waals surface area (Å²) in [5.74, 6) is 1.83. The van der Waals surface area contributed by atoms with Crippen molar-refractivity contribution in [3.05, 3.63) is 59.9 Å². The van der Waals surface area contributed by atoms with Crippen LogP contribution < -0.4 is 15.0 Å². The number of benzene rings is 2. The molecule has 0 atom stereocenters. The lowest BCUT2D eigenvalue weighted by Gasteiger charge is -2.30. The first-order valence-electron chi connectivity index (χ1n) is 11.4. The van der Waals surface area contributed by atoms with Crippen molar-refractivity contribution in [3.63, 3.8) is 0 Å². The number of rotatable bonds is 6. The van der Waals surface area contributed by atoms with E-state index in [1.165, 1.54) is 0 Å². The summed E-state index contributed by atoms with van der Waals surface area (Å²) in [5.41, 5.74) is 4.25. The van der Waals surface area contributed by atoms with E-state index in [0.29, 0.717) is 47.0 Å². The lowest BCUT2D eigenvalue weighted by atomic mass is 10.1. The molecule has 0 aliphatic carbocycles. The molecule has 8 nitrogen and oxygen atoms in total. The number of ether oxygens (including phenoxy) is 1. The van der Waals surface area contributed by atoms with Crippen LogP contribution in [-0.4, -0.2) is 49.9 Å². The van der Waals surface area contributed by atoms with Crippen LogP contribution in [0.5, 0.6) is 5.75 Å². The van der Waals surface area contributed by atoms with Crippen molar-refractivity contribution in [1.29, 1.82) is 4.78 Å². The molecule has 0 radical (unpaired) electrons. The van der Waals surface area contributed by atoms with E-state index in [1.807, 2.05) is 62.5 Å². The Hall–Kier alpha value is -3.30. The van der Waals surface area contributed by atoms with Gasteiger partial charge in [-0.2, -0.15) is 0 Å². The van der Waals surface area contributed by atoms with Crippen LogP contribution in [0.4, 0.5) is 17.3 Å². The number of aromatic amines is 1. The molecule has 0 spiro atoms.